The Morgan fingerprint density at radius 3 is 2.44 bits per heavy atom. The average Bonchev–Trinajstić information content (AvgIpc) is 2.67. The van der Waals surface area contributed by atoms with Crippen LogP contribution in [-0.2, 0) is 14.8 Å². The van der Waals surface area contributed by atoms with Gasteiger partial charge in [-0.05, 0) is 48.4 Å². The highest BCUT2D eigenvalue weighted by Gasteiger charge is 2.32. The number of benzene rings is 2. The lowest BCUT2D eigenvalue weighted by Crippen LogP contribution is -2.42. The molecule has 1 saturated heterocycles. The van der Waals surface area contributed by atoms with Crippen LogP contribution in [0.4, 0.5) is 5.69 Å². The Morgan fingerprint density at radius 1 is 1.15 bits per heavy atom. The molecule has 6 nitrogen and oxygen atoms in total. The van der Waals surface area contributed by atoms with E-state index >= 15 is 0 Å². The molecular weight excluding hydrogens is 364 g/mol. The lowest BCUT2D eigenvalue weighted by molar-refractivity contribution is -0.00256. The Bertz CT molecular complexity index is 895. The van der Waals surface area contributed by atoms with Crippen LogP contribution in [-0.4, -0.2) is 53.6 Å². The SMILES string of the molecule is COc1ccc(S(=O)(=O)N2CCOC(c3ccc(N(C)C)cc3)C2)c(C)c1. The maximum absolute atomic E-state index is 13.2. The minimum Gasteiger partial charge on any atom is -0.497 e. The molecule has 0 aliphatic carbocycles. The van der Waals surface area contributed by atoms with E-state index in [1.165, 1.54) is 4.31 Å². The van der Waals surface area contributed by atoms with Gasteiger partial charge in [-0.2, -0.15) is 4.31 Å². The smallest absolute Gasteiger partial charge is 0.243 e. The first-order valence-electron chi connectivity index (χ1n) is 8.86. The summed E-state index contributed by atoms with van der Waals surface area (Å²) in [5.74, 6) is 0.646. The highest BCUT2D eigenvalue weighted by atomic mass is 32.2. The fourth-order valence-corrected chi connectivity index (χ4v) is 4.84. The molecule has 1 aliphatic rings. The number of hydrogen-bond donors (Lipinski definition) is 0. The number of methoxy groups -OCH3 is 1. The quantitative estimate of drug-likeness (QED) is 0.786. The fourth-order valence-electron chi connectivity index (χ4n) is 3.21. The zero-order chi connectivity index (χ0) is 19.6. The van der Waals surface area contributed by atoms with Crippen LogP contribution in [0.5, 0.6) is 5.75 Å². The van der Waals surface area contributed by atoms with Gasteiger partial charge < -0.3 is 14.4 Å². The largest absolute Gasteiger partial charge is 0.497 e. The standard InChI is InChI=1S/C20H26N2O4S/c1-15-13-18(25-4)9-10-20(15)27(23,24)22-11-12-26-19(14-22)16-5-7-17(8-6-16)21(2)3/h5-10,13,19H,11-12,14H2,1-4H3. The Hall–Kier alpha value is -2.09. The van der Waals surface area contributed by atoms with E-state index in [1.54, 1.807) is 32.2 Å². The van der Waals surface area contributed by atoms with Gasteiger partial charge in [0.25, 0.3) is 0 Å². The van der Waals surface area contributed by atoms with Gasteiger partial charge in [-0.25, -0.2) is 8.42 Å². The number of sulfonamides is 1. The summed E-state index contributed by atoms with van der Waals surface area (Å²) in [4.78, 5) is 2.33. The van der Waals surface area contributed by atoms with Gasteiger partial charge >= 0.3 is 0 Å². The van der Waals surface area contributed by atoms with Crippen molar-refractivity contribution in [1.29, 1.82) is 0 Å². The minimum atomic E-state index is -3.59. The van der Waals surface area contributed by atoms with E-state index in [-0.39, 0.29) is 6.10 Å². The minimum absolute atomic E-state index is 0.275. The summed E-state index contributed by atoms with van der Waals surface area (Å²) in [6.45, 7) is 2.80. The predicted octanol–water partition coefficient (Wildman–Crippen LogP) is 2.83. The molecule has 0 radical (unpaired) electrons. The third-order valence-corrected chi connectivity index (χ3v) is 6.84. The molecule has 27 heavy (non-hydrogen) atoms. The van der Waals surface area contributed by atoms with Gasteiger partial charge in [-0.1, -0.05) is 12.1 Å². The van der Waals surface area contributed by atoms with Crippen LogP contribution in [0.25, 0.3) is 0 Å². The third kappa shape index (κ3) is 4.10. The molecule has 146 valence electrons. The Morgan fingerprint density at radius 2 is 1.85 bits per heavy atom. The second-order valence-corrected chi connectivity index (χ2v) is 8.75. The van der Waals surface area contributed by atoms with Crippen LogP contribution in [0, 0.1) is 6.92 Å². The Kier molecular flexibility index (Phi) is 5.74. The molecule has 1 heterocycles. The highest BCUT2D eigenvalue weighted by Crippen LogP contribution is 2.29. The maximum atomic E-state index is 13.2. The number of morpholine rings is 1. The van der Waals surface area contributed by atoms with Crippen LogP contribution in [0.1, 0.15) is 17.2 Å². The Labute approximate surface area is 161 Å². The first-order valence-corrected chi connectivity index (χ1v) is 10.3. The Balaban J connectivity index is 1.82. The van der Waals surface area contributed by atoms with E-state index in [0.29, 0.717) is 35.9 Å². The molecular formula is C20H26N2O4S. The molecule has 2 aromatic carbocycles. The number of rotatable bonds is 5. The molecule has 0 saturated carbocycles. The predicted molar refractivity (Wildman–Crippen MR) is 106 cm³/mol. The van der Waals surface area contributed by atoms with E-state index in [1.807, 2.05) is 43.3 Å². The van der Waals surface area contributed by atoms with Crippen molar-refractivity contribution < 1.29 is 17.9 Å². The normalized spacial score (nSPS) is 18.3. The fraction of sp³-hybridized carbons (Fsp3) is 0.400. The zero-order valence-electron chi connectivity index (χ0n) is 16.2. The molecule has 1 fully saturated rings. The van der Waals surface area contributed by atoms with Crippen molar-refractivity contribution in [3.63, 3.8) is 0 Å². The van der Waals surface area contributed by atoms with Crippen LogP contribution < -0.4 is 9.64 Å². The summed E-state index contributed by atoms with van der Waals surface area (Å²) < 4.78 is 38.8. The molecule has 7 heteroatoms. The first kappa shape index (κ1) is 19.7. The summed E-state index contributed by atoms with van der Waals surface area (Å²) in [6, 6.07) is 13.0. The third-order valence-electron chi connectivity index (χ3n) is 4.81. The van der Waals surface area contributed by atoms with E-state index in [0.717, 1.165) is 11.3 Å². The van der Waals surface area contributed by atoms with Crippen molar-refractivity contribution in [2.75, 3.05) is 45.8 Å². The van der Waals surface area contributed by atoms with Gasteiger partial charge in [0.05, 0.1) is 24.7 Å². The number of nitrogens with zero attached hydrogens (tertiary/aromatic N) is 2. The molecule has 1 unspecified atom stereocenters. The van der Waals surface area contributed by atoms with Crippen LogP contribution in [0.15, 0.2) is 47.4 Å². The lowest BCUT2D eigenvalue weighted by atomic mass is 10.1. The molecule has 0 amide bonds. The lowest BCUT2D eigenvalue weighted by Gasteiger charge is -2.33. The molecule has 0 N–H and O–H groups in total. The van der Waals surface area contributed by atoms with Gasteiger partial charge in [0, 0.05) is 32.9 Å². The molecule has 1 aliphatic heterocycles. The summed E-state index contributed by atoms with van der Waals surface area (Å²) in [5.41, 5.74) is 2.74. The number of anilines is 1. The second-order valence-electron chi connectivity index (χ2n) is 6.84. The van der Waals surface area contributed by atoms with E-state index < -0.39 is 10.0 Å². The highest BCUT2D eigenvalue weighted by molar-refractivity contribution is 7.89. The molecule has 3 rings (SSSR count). The average molecular weight is 391 g/mol. The van der Waals surface area contributed by atoms with Crippen molar-refractivity contribution in [2.24, 2.45) is 0 Å². The van der Waals surface area contributed by atoms with Crippen molar-refractivity contribution in [2.45, 2.75) is 17.9 Å². The topological polar surface area (TPSA) is 59.1 Å². The molecule has 2 aromatic rings. The maximum Gasteiger partial charge on any atom is 0.243 e. The van der Waals surface area contributed by atoms with E-state index in [2.05, 4.69) is 0 Å². The van der Waals surface area contributed by atoms with Gasteiger partial charge in [-0.15, -0.1) is 0 Å². The number of aryl methyl sites for hydroxylation is 1. The summed E-state index contributed by atoms with van der Waals surface area (Å²) in [7, 11) is 1.94. The summed E-state index contributed by atoms with van der Waals surface area (Å²) in [5, 5.41) is 0. The van der Waals surface area contributed by atoms with Gasteiger partial charge in [-0.3, -0.25) is 0 Å². The summed E-state index contributed by atoms with van der Waals surface area (Å²) >= 11 is 0. The van der Waals surface area contributed by atoms with Gasteiger partial charge in [0.15, 0.2) is 0 Å². The molecule has 0 aromatic heterocycles. The first-order chi connectivity index (χ1) is 12.8. The van der Waals surface area contributed by atoms with Gasteiger partial charge in [0.2, 0.25) is 10.0 Å². The van der Waals surface area contributed by atoms with Crippen molar-refractivity contribution in [3.05, 3.63) is 53.6 Å². The number of ether oxygens (including phenoxy) is 2. The van der Waals surface area contributed by atoms with E-state index in [4.69, 9.17) is 9.47 Å². The van der Waals surface area contributed by atoms with Crippen LogP contribution in [0.3, 0.4) is 0 Å². The second kappa shape index (κ2) is 7.88. The van der Waals surface area contributed by atoms with E-state index in [9.17, 15) is 8.42 Å². The molecule has 0 bridgehead atoms. The molecule has 1 atom stereocenters. The number of hydrogen-bond acceptors (Lipinski definition) is 5. The molecule has 0 spiro atoms. The van der Waals surface area contributed by atoms with Gasteiger partial charge in [0.1, 0.15) is 5.75 Å². The van der Waals surface area contributed by atoms with Crippen molar-refractivity contribution in [3.8, 4) is 5.75 Å². The summed E-state index contributed by atoms with van der Waals surface area (Å²) in [6.07, 6.45) is -0.275. The van der Waals surface area contributed by atoms with Crippen molar-refractivity contribution in [1.82, 2.24) is 4.31 Å². The monoisotopic (exact) mass is 390 g/mol. The van der Waals surface area contributed by atoms with Crippen LogP contribution in [0.2, 0.25) is 0 Å². The zero-order valence-corrected chi connectivity index (χ0v) is 17.0. The van der Waals surface area contributed by atoms with Crippen molar-refractivity contribution >= 4 is 15.7 Å². The van der Waals surface area contributed by atoms with Crippen LogP contribution >= 0.6 is 0 Å².